The molecule has 0 aliphatic carbocycles. The summed E-state index contributed by atoms with van der Waals surface area (Å²) in [6.07, 6.45) is 0.987. The van der Waals surface area contributed by atoms with Crippen LogP contribution < -0.4 is 0 Å². The zero-order valence-electron chi connectivity index (χ0n) is 13.2. The van der Waals surface area contributed by atoms with Crippen LogP contribution in [0, 0.1) is 0 Å². The molecule has 2 aromatic carbocycles. The molecule has 1 atom stereocenters. The number of rotatable bonds is 7. The van der Waals surface area contributed by atoms with Crippen LogP contribution in [0.5, 0.6) is 0 Å². The molecule has 0 heterocycles. The van der Waals surface area contributed by atoms with Crippen LogP contribution in [0.15, 0.2) is 54.6 Å². The van der Waals surface area contributed by atoms with E-state index >= 15 is 0 Å². The van der Waals surface area contributed by atoms with Gasteiger partial charge in [-0.25, -0.2) is 4.79 Å². The van der Waals surface area contributed by atoms with Gasteiger partial charge in [0, 0.05) is 0 Å². The largest absolute Gasteiger partial charge is 0.462 e. The maximum atomic E-state index is 11.8. The number of aliphatic hydroxyl groups excluding tert-OH is 1. The Labute approximate surface area is 136 Å². The summed E-state index contributed by atoms with van der Waals surface area (Å²) in [5, 5.41) is 20.5. The van der Waals surface area contributed by atoms with Gasteiger partial charge in [-0.05, 0) is 43.0 Å². The third kappa shape index (κ3) is 4.41. The van der Waals surface area contributed by atoms with Gasteiger partial charge < -0.3 is 14.9 Å². The molecule has 2 aromatic rings. The molecule has 0 aromatic heterocycles. The fourth-order valence-electron chi connectivity index (χ4n) is 2.46. The lowest BCUT2D eigenvalue weighted by molar-refractivity contribution is -0.0259. The molecule has 0 radical (unpaired) electrons. The highest BCUT2D eigenvalue weighted by Gasteiger charge is 2.29. The zero-order chi connectivity index (χ0) is 16.7. The van der Waals surface area contributed by atoms with E-state index in [9.17, 15) is 15.0 Å². The normalized spacial score (nSPS) is 13.3. The number of aliphatic hydroxyl groups is 2. The summed E-state index contributed by atoms with van der Waals surface area (Å²) in [4.78, 5) is 11.8. The number of hydrogen-bond donors (Lipinski definition) is 2. The molecule has 4 nitrogen and oxygen atoms in total. The SMILES string of the molecule is CCOC(=O)c1cccc([C@@](O)(CO)CCc2ccccc2)c1. The number of carbonyl (C=O) groups is 1. The van der Waals surface area contributed by atoms with Crippen molar-refractivity contribution < 1.29 is 19.7 Å². The van der Waals surface area contributed by atoms with E-state index in [1.165, 1.54) is 0 Å². The van der Waals surface area contributed by atoms with Gasteiger partial charge in [0.25, 0.3) is 0 Å². The first-order valence-corrected chi connectivity index (χ1v) is 7.74. The van der Waals surface area contributed by atoms with Crippen molar-refractivity contribution in [2.75, 3.05) is 13.2 Å². The Morgan fingerprint density at radius 1 is 1.13 bits per heavy atom. The van der Waals surface area contributed by atoms with Crippen molar-refractivity contribution >= 4 is 5.97 Å². The number of carbonyl (C=O) groups excluding carboxylic acids is 1. The maximum Gasteiger partial charge on any atom is 0.338 e. The molecule has 122 valence electrons. The first-order chi connectivity index (χ1) is 11.1. The van der Waals surface area contributed by atoms with Gasteiger partial charge >= 0.3 is 5.97 Å². The first kappa shape index (κ1) is 17.2. The van der Waals surface area contributed by atoms with Gasteiger partial charge in [0.05, 0.1) is 18.8 Å². The number of ether oxygens (including phenoxy) is 1. The topological polar surface area (TPSA) is 66.8 Å². The quantitative estimate of drug-likeness (QED) is 0.771. The standard InChI is InChI=1S/C19H22O4/c1-2-23-18(21)16-9-6-10-17(13-16)19(22,14-20)12-11-15-7-4-3-5-8-15/h3-10,13,20,22H,2,11-12,14H2,1H3/t19-/m0/s1. The highest BCUT2D eigenvalue weighted by molar-refractivity contribution is 5.89. The molecule has 0 unspecified atom stereocenters. The Morgan fingerprint density at radius 2 is 1.87 bits per heavy atom. The van der Waals surface area contributed by atoms with Crippen molar-refractivity contribution in [3.05, 3.63) is 71.3 Å². The molecule has 2 rings (SSSR count). The second-order valence-electron chi connectivity index (χ2n) is 5.48. The van der Waals surface area contributed by atoms with Gasteiger partial charge in [0.2, 0.25) is 0 Å². The molecule has 0 saturated heterocycles. The third-order valence-electron chi connectivity index (χ3n) is 3.84. The maximum absolute atomic E-state index is 11.8. The highest BCUT2D eigenvalue weighted by atomic mass is 16.5. The molecule has 0 saturated carbocycles. The van der Waals surface area contributed by atoms with Crippen LogP contribution in [0.1, 0.15) is 34.8 Å². The van der Waals surface area contributed by atoms with Crippen molar-refractivity contribution in [3.63, 3.8) is 0 Å². The monoisotopic (exact) mass is 314 g/mol. The highest BCUT2D eigenvalue weighted by Crippen LogP contribution is 2.27. The molecule has 0 spiro atoms. The van der Waals surface area contributed by atoms with Gasteiger partial charge in [-0.2, -0.15) is 0 Å². The molecular weight excluding hydrogens is 292 g/mol. The van der Waals surface area contributed by atoms with Crippen molar-refractivity contribution in [2.24, 2.45) is 0 Å². The van der Waals surface area contributed by atoms with Gasteiger partial charge in [-0.1, -0.05) is 42.5 Å². The van der Waals surface area contributed by atoms with E-state index < -0.39 is 18.2 Å². The van der Waals surface area contributed by atoms with E-state index in [1.807, 2.05) is 30.3 Å². The van der Waals surface area contributed by atoms with Crippen molar-refractivity contribution in [3.8, 4) is 0 Å². The average Bonchev–Trinajstić information content (AvgIpc) is 2.61. The van der Waals surface area contributed by atoms with Crippen LogP contribution >= 0.6 is 0 Å². The van der Waals surface area contributed by atoms with E-state index in [2.05, 4.69) is 0 Å². The average molecular weight is 314 g/mol. The smallest absolute Gasteiger partial charge is 0.338 e. The van der Waals surface area contributed by atoms with E-state index in [1.54, 1.807) is 31.2 Å². The Balaban J connectivity index is 2.18. The summed E-state index contributed by atoms with van der Waals surface area (Å²) in [7, 11) is 0. The van der Waals surface area contributed by atoms with Crippen LogP contribution in [0.4, 0.5) is 0 Å². The van der Waals surface area contributed by atoms with Crippen LogP contribution in [0.25, 0.3) is 0 Å². The van der Waals surface area contributed by atoms with Crippen molar-refractivity contribution in [1.82, 2.24) is 0 Å². The lowest BCUT2D eigenvalue weighted by Crippen LogP contribution is -2.31. The molecule has 23 heavy (non-hydrogen) atoms. The Hall–Kier alpha value is -2.17. The van der Waals surface area contributed by atoms with Crippen LogP contribution in [0.3, 0.4) is 0 Å². The molecule has 0 fully saturated rings. The third-order valence-corrected chi connectivity index (χ3v) is 3.84. The van der Waals surface area contributed by atoms with E-state index in [-0.39, 0.29) is 0 Å². The zero-order valence-corrected chi connectivity index (χ0v) is 13.2. The lowest BCUT2D eigenvalue weighted by atomic mass is 9.87. The first-order valence-electron chi connectivity index (χ1n) is 7.74. The summed E-state index contributed by atoms with van der Waals surface area (Å²) in [6, 6.07) is 16.4. The number of benzene rings is 2. The second kappa shape index (κ2) is 7.90. The van der Waals surface area contributed by atoms with Crippen LogP contribution in [-0.2, 0) is 16.8 Å². The molecule has 2 N–H and O–H groups in total. The number of esters is 1. The summed E-state index contributed by atoms with van der Waals surface area (Å²) in [6.45, 7) is 1.62. The van der Waals surface area contributed by atoms with E-state index in [0.717, 1.165) is 5.56 Å². The van der Waals surface area contributed by atoms with Gasteiger partial charge in [0.1, 0.15) is 5.60 Å². The van der Waals surface area contributed by atoms with Crippen LogP contribution in [0.2, 0.25) is 0 Å². The minimum Gasteiger partial charge on any atom is -0.462 e. The van der Waals surface area contributed by atoms with Crippen LogP contribution in [-0.4, -0.2) is 29.4 Å². The van der Waals surface area contributed by atoms with Crippen molar-refractivity contribution in [1.29, 1.82) is 0 Å². The molecule has 0 aliphatic rings. The minimum atomic E-state index is -1.39. The van der Waals surface area contributed by atoms with Crippen molar-refractivity contribution in [2.45, 2.75) is 25.4 Å². The molecular formula is C19H22O4. The lowest BCUT2D eigenvalue weighted by Gasteiger charge is -2.27. The summed E-state index contributed by atoms with van der Waals surface area (Å²) in [5.74, 6) is -0.433. The van der Waals surface area contributed by atoms with Gasteiger partial charge in [-0.3, -0.25) is 0 Å². The van der Waals surface area contributed by atoms with Gasteiger partial charge in [-0.15, -0.1) is 0 Å². The molecule has 0 amide bonds. The predicted molar refractivity (Wildman–Crippen MR) is 88.1 cm³/mol. The Bertz CT molecular complexity index is 639. The number of aryl methyl sites for hydroxylation is 1. The summed E-state index contributed by atoms with van der Waals surface area (Å²) in [5.41, 5.74) is 0.580. The summed E-state index contributed by atoms with van der Waals surface area (Å²) < 4.78 is 4.98. The molecule has 0 bridgehead atoms. The predicted octanol–water partition coefficient (Wildman–Crippen LogP) is 2.68. The minimum absolute atomic E-state index is 0.293. The fourth-order valence-corrected chi connectivity index (χ4v) is 2.46. The van der Waals surface area contributed by atoms with E-state index in [4.69, 9.17) is 4.74 Å². The van der Waals surface area contributed by atoms with E-state index in [0.29, 0.717) is 30.6 Å². The Kier molecular flexibility index (Phi) is 5.90. The number of hydrogen-bond acceptors (Lipinski definition) is 4. The summed E-state index contributed by atoms with van der Waals surface area (Å²) >= 11 is 0. The molecule has 0 aliphatic heterocycles. The fraction of sp³-hybridized carbons (Fsp3) is 0.316. The second-order valence-corrected chi connectivity index (χ2v) is 5.48. The molecule has 4 heteroatoms. The Morgan fingerprint density at radius 3 is 2.52 bits per heavy atom. The van der Waals surface area contributed by atoms with Gasteiger partial charge in [0.15, 0.2) is 0 Å².